The molecule has 0 aliphatic carbocycles. The molecular formula is C11H19N3O6S. The van der Waals surface area contributed by atoms with Crippen molar-refractivity contribution in [1.82, 2.24) is 13.9 Å². The molecule has 1 N–H and O–H groups in total. The molecule has 0 aromatic carbocycles. The fourth-order valence-electron chi connectivity index (χ4n) is 1.90. The summed E-state index contributed by atoms with van der Waals surface area (Å²) in [6.45, 7) is 5.72. The molecular weight excluding hydrogens is 302 g/mol. The summed E-state index contributed by atoms with van der Waals surface area (Å²) in [4.78, 5) is 24.3. The molecule has 2 amide bonds. The van der Waals surface area contributed by atoms with Gasteiger partial charge < -0.3 is 14.4 Å². The van der Waals surface area contributed by atoms with Gasteiger partial charge in [0.1, 0.15) is 12.2 Å². The summed E-state index contributed by atoms with van der Waals surface area (Å²) in [5, 5.41) is 0. The standard InChI is InChI=1S/C11H19N3O6S/c1-11(2,3)20-9(15)13-6-8(7-13)12-21(17,18)14-4-5-19-10(14)16/h8,12H,4-7H2,1-3H3. The van der Waals surface area contributed by atoms with Crippen molar-refractivity contribution in [2.45, 2.75) is 32.4 Å². The monoisotopic (exact) mass is 321 g/mol. The van der Waals surface area contributed by atoms with Crippen LogP contribution in [0.4, 0.5) is 9.59 Å². The van der Waals surface area contributed by atoms with E-state index in [0.717, 1.165) is 0 Å². The van der Waals surface area contributed by atoms with Crippen LogP contribution in [0.25, 0.3) is 0 Å². The van der Waals surface area contributed by atoms with E-state index in [1.807, 2.05) is 0 Å². The van der Waals surface area contributed by atoms with Crippen molar-refractivity contribution in [2.24, 2.45) is 0 Å². The van der Waals surface area contributed by atoms with E-state index in [0.29, 0.717) is 4.31 Å². The first-order valence-corrected chi connectivity index (χ1v) is 7.97. The highest BCUT2D eigenvalue weighted by molar-refractivity contribution is 7.87. The molecule has 21 heavy (non-hydrogen) atoms. The predicted molar refractivity (Wildman–Crippen MR) is 71.7 cm³/mol. The average Bonchev–Trinajstić information content (AvgIpc) is 2.67. The first kappa shape index (κ1) is 15.8. The van der Waals surface area contributed by atoms with Crippen molar-refractivity contribution in [3.8, 4) is 0 Å². The molecule has 0 aromatic heterocycles. The van der Waals surface area contributed by atoms with E-state index in [9.17, 15) is 18.0 Å². The maximum absolute atomic E-state index is 11.9. The number of nitrogens with one attached hydrogen (secondary N) is 1. The van der Waals surface area contributed by atoms with Gasteiger partial charge in [-0.3, -0.25) is 0 Å². The van der Waals surface area contributed by atoms with Gasteiger partial charge in [0.05, 0.1) is 12.6 Å². The number of hydrogen-bond donors (Lipinski definition) is 1. The SMILES string of the molecule is CC(C)(C)OC(=O)N1CC(NS(=O)(=O)N2CCOC2=O)C1. The van der Waals surface area contributed by atoms with Crippen molar-refractivity contribution in [1.29, 1.82) is 0 Å². The van der Waals surface area contributed by atoms with Gasteiger partial charge in [-0.15, -0.1) is 0 Å². The van der Waals surface area contributed by atoms with Gasteiger partial charge in [0.15, 0.2) is 0 Å². The van der Waals surface area contributed by atoms with Crippen LogP contribution in [0, 0.1) is 0 Å². The molecule has 0 bridgehead atoms. The maximum atomic E-state index is 11.9. The van der Waals surface area contributed by atoms with Crippen molar-refractivity contribution >= 4 is 22.4 Å². The Morgan fingerprint density at radius 1 is 1.38 bits per heavy atom. The Labute approximate surface area is 123 Å². The number of amides is 2. The van der Waals surface area contributed by atoms with Crippen molar-refractivity contribution in [2.75, 3.05) is 26.2 Å². The molecule has 2 saturated heterocycles. The van der Waals surface area contributed by atoms with Crippen molar-refractivity contribution in [3.63, 3.8) is 0 Å². The van der Waals surface area contributed by atoms with Crippen molar-refractivity contribution < 1.29 is 27.5 Å². The highest BCUT2D eigenvalue weighted by Crippen LogP contribution is 2.17. The average molecular weight is 321 g/mol. The molecule has 2 aliphatic heterocycles. The Balaban J connectivity index is 1.83. The van der Waals surface area contributed by atoms with E-state index in [4.69, 9.17) is 4.74 Å². The van der Waals surface area contributed by atoms with Crippen LogP contribution < -0.4 is 4.72 Å². The van der Waals surface area contributed by atoms with Gasteiger partial charge in [0.25, 0.3) is 0 Å². The number of carbonyl (C=O) groups is 2. The first-order valence-electron chi connectivity index (χ1n) is 6.53. The lowest BCUT2D eigenvalue weighted by molar-refractivity contribution is 0.00724. The minimum Gasteiger partial charge on any atom is -0.447 e. The Bertz CT molecular complexity index is 535. The number of hydrogen-bond acceptors (Lipinski definition) is 6. The number of cyclic esters (lactones) is 1. The van der Waals surface area contributed by atoms with Crippen LogP contribution in [0.1, 0.15) is 20.8 Å². The highest BCUT2D eigenvalue weighted by atomic mass is 32.2. The van der Waals surface area contributed by atoms with Gasteiger partial charge in [0, 0.05) is 13.1 Å². The third kappa shape index (κ3) is 3.76. The third-order valence-electron chi connectivity index (χ3n) is 2.86. The lowest BCUT2D eigenvalue weighted by atomic mass is 10.1. The zero-order chi connectivity index (χ0) is 15.8. The first-order chi connectivity index (χ1) is 9.58. The van der Waals surface area contributed by atoms with E-state index in [1.165, 1.54) is 4.90 Å². The van der Waals surface area contributed by atoms with Crippen LogP contribution in [-0.2, 0) is 19.7 Å². The van der Waals surface area contributed by atoms with Gasteiger partial charge in [-0.25, -0.2) is 9.59 Å². The molecule has 0 unspecified atom stereocenters. The minimum atomic E-state index is -3.92. The summed E-state index contributed by atoms with van der Waals surface area (Å²) >= 11 is 0. The quantitative estimate of drug-likeness (QED) is 0.778. The van der Waals surface area contributed by atoms with Crippen LogP contribution in [-0.4, -0.2) is 67.7 Å². The van der Waals surface area contributed by atoms with Gasteiger partial charge in [0.2, 0.25) is 0 Å². The lowest BCUT2D eigenvalue weighted by Gasteiger charge is -2.40. The van der Waals surface area contributed by atoms with E-state index < -0.39 is 34.0 Å². The topological polar surface area (TPSA) is 105 Å². The fraction of sp³-hybridized carbons (Fsp3) is 0.818. The number of carbonyl (C=O) groups excluding carboxylic acids is 2. The molecule has 2 fully saturated rings. The molecule has 10 heteroatoms. The molecule has 2 heterocycles. The number of ether oxygens (including phenoxy) is 2. The smallest absolute Gasteiger partial charge is 0.424 e. The second-order valence-electron chi connectivity index (χ2n) is 5.89. The molecule has 0 saturated carbocycles. The van der Waals surface area contributed by atoms with Gasteiger partial charge >= 0.3 is 22.4 Å². The normalized spacial score (nSPS) is 20.2. The number of likely N-dealkylation sites (tertiary alicyclic amines) is 1. The van der Waals surface area contributed by atoms with E-state index in [-0.39, 0.29) is 26.2 Å². The molecule has 0 atom stereocenters. The van der Waals surface area contributed by atoms with Gasteiger partial charge in [-0.2, -0.15) is 17.4 Å². The summed E-state index contributed by atoms with van der Waals surface area (Å²) in [6, 6.07) is -0.434. The summed E-state index contributed by atoms with van der Waals surface area (Å²) in [5.41, 5.74) is -0.596. The van der Waals surface area contributed by atoms with E-state index in [1.54, 1.807) is 20.8 Å². The van der Waals surface area contributed by atoms with Crippen molar-refractivity contribution in [3.05, 3.63) is 0 Å². The molecule has 0 spiro atoms. The Hall–Kier alpha value is -1.55. The Kier molecular flexibility index (Phi) is 4.02. The molecule has 0 radical (unpaired) electrons. The van der Waals surface area contributed by atoms with Gasteiger partial charge in [-0.1, -0.05) is 0 Å². The Morgan fingerprint density at radius 2 is 2.00 bits per heavy atom. The largest absolute Gasteiger partial charge is 0.447 e. The van der Waals surface area contributed by atoms with Crippen LogP contribution in [0.2, 0.25) is 0 Å². The Morgan fingerprint density at radius 3 is 2.48 bits per heavy atom. The number of rotatable bonds is 3. The summed E-state index contributed by atoms with van der Waals surface area (Å²) in [5.74, 6) is 0. The highest BCUT2D eigenvalue weighted by Gasteiger charge is 2.40. The fourth-order valence-corrected chi connectivity index (χ4v) is 3.16. The van der Waals surface area contributed by atoms with Crippen LogP contribution in [0.15, 0.2) is 0 Å². The summed E-state index contributed by atoms with van der Waals surface area (Å²) in [7, 11) is -3.92. The second-order valence-corrected chi connectivity index (χ2v) is 7.52. The summed E-state index contributed by atoms with van der Waals surface area (Å²) in [6.07, 6.45) is -1.37. The van der Waals surface area contributed by atoms with Crippen LogP contribution >= 0.6 is 0 Å². The third-order valence-corrected chi connectivity index (χ3v) is 4.41. The van der Waals surface area contributed by atoms with E-state index >= 15 is 0 Å². The zero-order valence-electron chi connectivity index (χ0n) is 12.2. The van der Waals surface area contributed by atoms with Gasteiger partial charge in [-0.05, 0) is 20.8 Å². The molecule has 2 rings (SSSR count). The van der Waals surface area contributed by atoms with E-state index in [2.05, 4.69) is 9.46 Å². The van der Waals surface area contributed by atoms with Crippen LogP contribution in [0.3, 0.4) is 0 Å². The van der Waals surface area contributed by atoms with Crippen LogP contribution in [0.5, 0.6) is 0 Å². The molecule has 0 aromatic rings. The minimum absolute atomic E-state index is 0.00331. The molecule has 9 nitrogen and oxygen atoms in total. The molecule has 2 aliphatic rings. The number of nitrogens with zero attached hydrogens (tertiary/aromatic N) is 2. The second kappa shape index (κ2) is 5.34. The predicted octanol–water partition coefficient (Wildman–Crippen LogP) is -0.108. The molecule has 120 valence electrons. The zero-order valence-corrected chi connectivity index (χ0v) is 13.0. The maximum Gasteiger partial charge on any atom is 0.424 e. The summed E-state index contributed by atoms with van der Waals surface area (Å²) < 4.78 is 36.6. The lowest BCUT2D eigenvalue weighted by Crippen LogP contribution is -2.63.